The Morgan fingerprint density at radius 3 is 2.48 bits per heavy atom. The van der Waals surface area contributed by atoms with Gasteiger partial charge >= 0.3 is 0 Å². The average molecular weight is 316 g/mol. The molecule has 2 aromatic rings. The predicted molar refractivity (Wildman–Crippen MR) is 94.9 cm³/mol. The summed E-state index contributed by atoms with van der Waals surface area (Å²) in [6, 6.07) is 10.4. The van der Waals surface area contributed by atoms with Crippen LogP contribution in [0.5, 0.6) is 0 Å². The first kappa shape index (κ1) is 17.6. The standard InChI is InChI=1S/C19H28N2O2/c1-13-11-17(15(3)23-13)19(4,22)12-20-14(2)16-9-7-8-10-18(16)21(5)6/h7-11,14,20,22H,12H2,1-6H3. The molecule has 0 spiro atoms. The quantitative estimate of drug-likeness (QED) is 0.856. The molecule has 0 saturated heterocycles. The topological polar surface area (TPSA) is 48.6 Å². The van der Waals surface area contributed by atoms with Gasteiger partial charge in [0, 0.05) is 37.9 Å². The van der Waals surface area contributed by atoms with E-state index >= 15 is 0 Å². The van der Waals surface area contributed by atoms with Crippen LogP contribution in [0.4, 0.5) is 5.69 Å². The first-order valence-electron chi connectivity index (χ1n) is 8.02. The molecule has 0 aliphatic rings. The van der Waals surface area contributed by atoms with Crippen LogP contribution in [-0.4, -0.2) is 25.7 Å². The van der Waals surface area contributed by atoms with Gasteiger partial charge in [0.25, 0.3) is 0 Å². The van der Waals surface area contributed by atoms with E-state index in [-0.39, 0.29) is 6.04 Å². The molecular formula is C19H28N2O2. The van der Waals surface area contributed by atoms with Crippen LogP contribution in [0, 0.1) is 13.8 Å². The Balaban J connectivity index is 2.12. The van der Waals surface area contributed by atoms with Crippen LogP contribution in [0.25, 0.3) is 0 Å². The van der Waals surface area contributed by atoms with Gasteiger partial charge in [-0.25, -0.2) is 0 Å². The minimum atomic E-state index is -0.969. The predicted octanol–water partition coefficient (Wildman–Crippen LogP) is 3.52. The molecule has 2 N–H and O–H groups in total. The van der Waals surface area contributed by atoms with Crippen LogP contribution >= 0.6 is 0 Å². The number of hydrogen-bond donors (Lipinski definition) is 2. The number of nitrogens with one attached hydrogen (secondary N) is 1. The monoisotopic (exact) mass is 316 g/mol. The van der Waals surface area contributed by atoms with Crippen molar-refractivity contribution in [3.63, 3.8) is 0 Å². The SMILES string of the molecule is Cc1cc(C(C)(O)CNC(C)c2ccccc2N(C)C)c(C)o1. The third-order valence-corrected chi connectivity index (χ3v) is 4.26. The number of anilines is 1. The molecule has 0 aliphatic carbocycles. The van der Waals surface area contributed by atoms with Crippen molar-refractivity contribution >= 4 is 5.69 Å². The lowest BCUT2D eigenvalue weighted by molar-refractivity contribution is 0.0529. The Labute approximate surface area is 139 Å². The number of hydrogen-bond acceptors (Lipinski definition) is 4. The van der Waals surface area contributed by atoms with Crippen LogP contribution in [0.1, 0.15) is 42.5 Å². The molecule has 0 saturated carbocycles. The average Bonchev–Trinajstić information content (AvgIpc) is 2.84. The van der Waals surface area contributed by atoms with Gasteiger partial charge in [-0.05, 0) is 45.4 Å². The summed E-state index contributed by atoms with van der Waals surface area (Å²) >= 11 is 0. The second-order valence-corrected chi connectivity index (χ2v) is 6.66. The van der Waals surface area contributed by atoms with Crippen LogP contribution < -0.4 is 10.2 Å². The van der Waals surface area contributed by atoms with Crippen molar-refractivity contribution in [2.45, 2.75) is 39.3 Å². The van der Waals surface area contributed by atoms with Crippen molar-refractivity contribution < 1.29 is 9.52 Å². The molecule has 0 bridgehead atoms. The van der Waals surface area contributed by atoms with Crippen LogP contribution in [0.15, 0.2) is 34.7 Å². The second-order valence-electron chi connectivity index (χ2n) is 6.66. The van der Waals surface area contributed by atoms with Crippen molar-refractivity contribution in [2.75, 3.05) is 25.5 Å². The first-order chi connectivity index (χ1) is 10.7. The maximum atomic E-state index is 10.8. The first-order valence-corrected chi connectivity index (χ1v) is 8.02. The minimum absolute atomic E-state index is 0.133. The molecule has 0 radical (unpaired) electrons. The number of para-hydroxylation sites is 1. The number of nitrogens with zero attached hydrogens (tertiary/aromatic N) is 1. The molecule has 1 heterocycles. The highest BCUT2D eigenvalue weighted by Crippen LogP contribution is 2.29. The normalized spacial score (nSPS) is 15.3. The lowest BCUT2D eigenvalue weighted by atomic mass is 9.95. The maximum absolute atomic E-state index is 10.8. The maximum Gasteiger partial charge on any atom is 0.107 e. The summed E-state index contributed by atoms with van der Waals surface area (Å²) < 4.78 is 5.55. The lowest BCUT2D eigenvalue weighted by Crippen LogP contribution is -2.37. The summed E-state index contributed by atoms with van der Waals surface area (Å²) in [5.74, 6) is 1.60. The van der Waals surface area contributed by atoms with E-state index < -0.39 is 5.60 Å². The molecule has 0 aliphatic heterocycles. The van der Waals surface area contributed by atoms with Gasteiger partial charge < -0.3 is 19.7 Å². The highest BCUT2D eigenvalue weighted by molar-refractivity contribution is 5.53. The highest BCUT2D eigenvalue weighted by Gasteiger charge is 2.28. The van der Waals surface area contributed by atoms with Gasteiger partial charge in [-0.1, -0.05) is 18.2 Å². The van der Waals surface area contributed by atoms with Gasteiger partial charge in [-0.2, -0.15) is 0 Å². The number of aliphatic hydroxyl groups is 1. The highest BCUT2D eigenvalue weighted by atomic mass is 16.3. The Hall–Kier alpha value is -1.78. The summed E-state index contributed by atoms with van der Waals surface area (Å²) in [7, 11) is 4.08. The summed E-state index contributed by atoms with van der Waals surface area (Å²) in [5, 5.41) is 14.3. The molecule has 4 nitrogen and oxygen atoms in total. The van der Waals surface area contributed by atoms with Crippen LogP contribution in [0.2, 0.25) is 0 Å². The number of furan rings is 1. The van der Waals surface area contributed by atoms with Gasteiger partial charge in [-0.3, -0.25) is 0 Å². The number of aryl methyl sites for hydroxylation is 2. The Morgan fingerprint density at radius 1 is 1.26 bits per heavy atom. The third kappa shape index (κ3) is 3.95. The third-order valence-electron chi connectivity index (χ3n) is 4.26. The van der Waals surface area contributed by atoms with Crippen LogP contribution in [0.3, 0.4) is 0 Å². The summed E-state index contributed by atoms with van der Waals surface area (Å²) in [6.07, 6.45) is 0. The van der Waals surface area contributed by atoms with Gasteiger partial charge in [0.05, 0.1) is 0 Å². The zero-order valence-electron chi connectivity index (χ0n) is 15.0. The molecule has 1 aromatic carbocycles. The van der Waals surface area contributed by atoms with E-state index in [0.717, 1.165) is 17.1 Å². The van der Waals surface area contributed by atoms with Crippen LogP contribution in [-0.2, 0) is 5.60 Å². The Bertz CT molecular complexity index is 659. The summed E-state index contributed by atoms with van der Waals surface area (Å²) in [5.41, 5.74) is 2.27. The fourth-order valence-corrected chi connectivity index (χ4v) is 2.98. The number of benzene rings is 1. The van der Waals surface area contributed by atoms with Gasteiger partial charge in [-0.15, -0.1) is 0 Å². The van der Waals surface area contributed by atoms with Crippen molar-refractivity contribution in [1.82, 2.24) is 5.32 Å². The summed E-state index contributed by atoms with van der Waals surface area (Å²) in [4.78, 5) is 2.11. The molecule has 0 amide bonds. The van der Waals surface area contributed by atoms with Gasteiger partial charge in [0.15, 0.2) is 0 Å². The molecule has 0 fully saturated rings. The molecule has 23 heavy (non-hydrogen) atoms. The zero-order chi connectivity index (χ0) is 17.2. The fourth-order valence-electron chi connectivity index (χ4n) is 2.98. The second kappa shape index (κ2) is 6.77. The molecular weight excluding hydrogens is 288 g/mol. The van der Waals surface area contributed by atoms with E-state index in [4.69, 9.17) is 4.42 Å². The van der Waals surface area contributed by atoms with Crippen molar-refractivity contribution in [2.24, 2.45) is 0 Å². The molecule has 2 rings (SSSR count). The molecule has 4 heteroatoms. The van der Waals surface area contributed by atoms with E-state index in [1.165, 1.54) is 11.3 Å². The largest absolute Gasteiger partial charge is 0.466 e. The molecule has 2 atom stereocenters. The smallest absolute Gasteiger partial charge is 0.107 e. The van der Waals surface area contributed by atoms with Gasteiger partial charge in [0.2, 0.25) is 0 Å². The molecule has 2 unspecified atom stereocenters. The fraction of sp³-hybridized carbons (Fsp3) is 0.474. The molecule has 126 valence electrons. The van der Waals surface area contributed by atoms with Crippen molar-refractivity contribution in [3.05, 3.63) is 53.0 Å². The van der Waals surface area contributed by atoms with Gasteiger partial charge in [0.1, 0.15) is 17.1 Å². The number of rotatable bonds is 6. The van der Waals surface area contributed by atoms with Crippen molar-refractivity contribution in [3.8, 4) is 0 Å². The van der Waals surface area contributed by atoms with E-state index in [2.05, 4.69) is 29.3 Å². The van der Waals surface area contributed by atoms with E-state index in [0.29, 0.717) is 6.54 Å². The minimum Gasteiger partial charge on any atom is -0.466 e. The van der Waals surface area contributed by atoms with E-state index in [9.17, 15) is 5.11 Å². The molecule has 1 aromatic heterocycles. The van der Waals surface area contributed by atoms with E-state index in [1.807, 2.05) is 53.1 Å². The lowest BCUT2D eigenvalue weighted by Gasteiger charge is -2.28. The Kier molecular flexibility index (Phi) is 5.17. The van der Waals surface area contributed by atoms with E-state index in [1.54, 1.807) is 0 Å². The van der Waals surface area contributed by atoms with Crippen molar-refractivity contribution in [1.29, 1.82) is 0 Å². The summed E-state index contributed by atoms with van der Waals surface area (Å²) in [6.45, 7) is 8.18. The zero-order valence-corrected chi connectivity index (χ0v) is 15.0. The Morgan fingerprint density at radius 2 is 1.91 bits per heavy atom.